The minimum Gasteiger partial charge on any atom is -0.399 e. The summed E-state index contributed by atoms with van der Waals surface area (Å²) in [7, 11) is 0. The van der Waals surface area contributed by atoms with Crippen molar-refractivity contribution in [3.8, 4) is 0 Å². The van der Waals surface area contributed by atoms with Gasteiger partial charge >= 0.3 is 0 Å². The largest absolute Gasteiger partial charge is 0.399 e. The molecule has 0 saturated carbocycles. The third-order valence-corrected chi connectivity index (χ3v) is 1.37. The fraction of sp³-hybridized carbons (Fsp3) is 0. The van der Waals surface area contributed by atoms with Gasteiger partial charge in [-0.05, 0) is 18.2 Å². The van der Waals surface area contributed by atoms with Crippen molar-refractivity contribution in [1.29, 1.82) is 5.41 Å². The lowest BCUT2D eigenvalue weighted by Gasteiger charge is -2.03. The normalized spacial score (nSPS) is 8.67. The quantitative estimate of drug-likeness (QED) is 0.293. The molecule has 0 unspecified atom stereocenters. The van der Waals surface area contributed by atoms with Crippen LogP contribution in [0.1, 0.15) is 5.56 Å². The van der Waals surface area contributed by atoms with Crippen molar-refractivity contribution in [1.82, 2.24) is 0 Å². The number of amidine groups is 1. The molecule has 0 heterocycles. The first-order valence-electron chi connectivity index (χ1n) is 3.10. The Morgan fingerprint density at radius 1 is 1.25 bits per heavy atom. The fourth-order valence-electron chi connectivity index (χ4n) is 0.807. The average Bonchev–Trinajstić information content (AvgIpc) is 1.94. The molecule has 66 valence electrons. The highest BCUT2D eigenvalue weighted by molar-refractivity contribution is 6.00. The van der Waals surface area contributed by atoms with Crippen molar-refractivity contribution in [3.05, 3.63) is 23.8 Å². The van der Waals surface area contributed by atoms with Crippen molar-refractivity contribution in [2.45, 2.75) is 0 Å². The highest BCUT2D eigenvalue weighted by Gasteiger charge is 2.00. The Morgan fingerprint density at radius 2 is 1.83 bits per heavy atom. The highest BCUT2D eigenvalue weighted by atomic mass is 35.5. The molecule has 0 aromatic heterocycles. The zero-order valence-corrected chi connectivity index (χ0v) is 7.19. The fourth-order valence-corrected chi connectivity index (χ4v) is 0.807. The number of nitrogens with two attached hydrogens (primary N) is 3. The van der Waals surface area contributed by atoms with Gasteiger partial charge in [0, 0.05) is 16.9 Å². The molecule has 0 saturated heterocycles. The Labute approximate surface area is 76.7 Å². The van der Waals surface area contributed by atoms with Gasteiger partial charge in [0.1, 0.15) is 5.84 Å². The van der Waals surface area contributed by atoms with Crippen LogP contribution in [0.25, 0.3) is 0 Å². The smallest absolute Gasteiger partial charge is 0.124 e. The molecule has 0 bridgehead atoms. The number of halogens is 1. The summed E-state index contributed by atoms with van der Waals surface area (Å²) in [6, 6.07) is 4.88. The van der Waals surface area contributed by atoms with Gasteiger partial charge in [-0.25, -0.2) is 0 Å². The van der Waals surface area contributed by atoms with Crippen LogP contribution in [-0.2, 0) is 0 Å². The number of nitrogens with one attached hydrogen (secondary N) is 1. The molecular weight excluding hydrogens is 176 g/mol. The van der Waals surface area contributed by atoms with E-state index in [1.165, 1.54) is 0 Å². The van der Waals surface area contributed by atoms with Gasteiger partial charge in [-0.2, -0.15) is 0 Å². The van der Waals surface area contributed by atoms with Crippen molar-refractivity contribution < 1.29 is 0 Å². The lowest BCUT2D eigenvalue weighted by atomic mass is 10.1. The molecule has 0 radical (unpaired) electrons. The van der Waals surface area contributed by atoms with Gasteiger partial charge in [-0.1, -0.05) is 0 Å². The Kier molecular flexibility index (Phi) is 3.37. The average molecular weight is 187 g/mol. The second-order valence-corrected chi connectivity index (χ2v) is 2.26. The molecule has 12 heavy (non-hydrogen) atoms. The maximum Gasteiger partial charge on any atom is 0.124 e. The summed E-state index contributed by atoms with van der Waals surface area (Å²) in [4.78, 5) is 0. The minimum absolute atomic E-state index is 0. The molecule has 0 amide bonds. The molecule has 1 aromatic carbocycles. The summed E-state index contributed by atoms with van der Waals surface area (Å²) < 4.78 is 0. The first-order chi connectivity index (χ1) is 5.11. The van der Waals surface area contributed by atoms with Crippen LogP contribution in [0.15, 0.2) is 18.2 Å². The molecule has 5 heteroatoms. The van der Waals surface area contributed by atoms with Crippen molar-refractivity contribution in [2.75, 3.05) is 11.5 Å². The van der Waals surface area contributed by atoms with Gasteiger partial charge in [0.25, 0.3) is 0 Å². The van der Waals surface area contributed by atoms with Crippen LogP contribution in [0.3, 0.4) is 0 Å². The topological polar surface area (TPSA) is 102 Å². The SMILES string of the molecule is Cl.N=C(N)c1cc(N)ccc1N. The summed E-state index contributed by atoms with van der Waals surface area (Å²) in [5.74, 6) is -0.0604. The third-order valence-electron chi connectivity index (χ3n) is 1.37. The van der Waals surface area contributed by atoms with Crippen LogP contribution in [0, 0.1) is 5.41 Å². The Bertz CT molecular complexity index is 297. The first kappa shape index (κ1) is 10.6. The minimum atomic E-state index is -0.0604. The maximum absolute atomic E-state index is 7.12. The lowest BCUT2D eigenvalue weighted by Crippen LogP contribution is -2.13. The van der Waals surface area contributed by atoms with Crippen LogP contribution in [-0.4, -0.2) is 5.84 Å². The van der Waals surface area contributed by atoms with E-state index in [9.17, 15) is 0 Å². The van der Waals surface area contributed by atoms with Crippen LogP contribution < -0.4 is 17.2 Å². The van der Waals surface area contributed by atoms with E-state index in [2.05, 4.69) is 0 Å². The van der Waals surface area contributed by atoms with Gasteiger partial charge < -0.3 is 17.2 Å². The number of rotatable bonds is 1. The van der Waals surface area contributed by atoms with E-state index in [4.69, 9.17) is 22.6 Å². The van der Waals surface area contributed by atoms with Gasteiger partial charge in [-0.3, -0.25) is 5.41 Å². The summed E-state index contributed by atoms with van der Waals surface area (Å²) in [6.07, 6.45) is 0. The molecule has 0 aliphatic rings. The molecular formula is C7H11ClN4. The molecule has 1 aromatic rings. The first-order valence-corrected chi connectivity index (χ1v) is 3.10. The number of nitrogen functional groups attached to an aromatic ring is 3. The van der Waals surface area contributed by atoms with E-state index < -0.39 is 0 Å². The molecule has 1 rings (SSSR count). The lowest BCUT2D eigenvalue weighted by molar-refractivity contribution is 1.43. The third kappa shape index (κ3) is 2.03. The van der Waals surface area contributed by atoms with Gasteiger partial charge in [0.05, 0.1) is 0 Å². The predicted molar refractivity (Wildman–Crippen MR) is 53.5 cm³/mol. The van der Waals surface area contributed by atoms with E-state index in [0.717, 1.165) is 0 Å². The number of hydrogen-bond acceptors (Lipinski definition) is 3. The zero-order chi connectivity index (χ0) is 8.43. The van der Waals surface area contributed by atoms with Gasteiger partial charge in [0.2, 0.25) is 0 Å². The second kappa shape index (κ2) is 3.82. The molecule has 0 aliphatic carbocycles. The maximum atomic E-state index is 7.12. The van der Waals surface area contributed by atoms with E-state index in [1.807, 2.05) is 0 Å². The summed E-state index contributed by atoms with van der Waals surface area (Å²) >= 11 is 0. The number of hydrogen-bond donors (Lipinski definition) is 4. The Hall–Kier alpha value is -1.42. The van der Waals surface area contributed by atoms with Crippen LogP contribution in [0.5, 0.6) is 0 Å². The molecule has 0 atom stereocenters. The Balaban J connectivity index is 0.00000121. The van der Waals surface area contributed by atoms with E-state index >= 15 is 0 Å². The van der Waals surface area contributed by atoms with Crippen LogP contribution >= 0.6 is 12.4 Å². The zero-order valence-electron chi connectivity index (χ0n) is 6.37. The predicted octanol–water partition coefficient (Wildman–Crippen LogP) is 0.557. The number of benzene rings is 1. The van der Waals surface area contributed by atoms with E-state index in [1.54, 1.807) is 18.2 Å². The molecule has 4 nitrogen and oxygen atoms in total. The molecule has 0 aliphatic heterocycles. The van der Waals surface area contributed by atoms with Gasteiger partial charge in [0.15, 0.2) is 0 Å². The van der Waals surface area contributed by atoms with Crippen molar-refractivity contribution in [2.24, 2.45) is 5.73 Å². The van der Waals surface area contributed by atoms with Crippen LogP contribution in [0.2, 0.25) is 0 Å². The second-order valence-electron chi connectivity index (χ2n) is 2.26. The highest BCUT2D eigenvalue weighted by Crippen LogP contribution is 2.14. The van der Waals surface area contributed by atoms with Gasteiger partial charge in [-0.15, -0.1) is 12.4 Å². The van der Waals surface area contributed by atoms with Crippen molar-refractivity contribution in [3.63, 3.8) is 0 Å². The summed E-state index contributed by atoms with van der Waals surface area (Å²) in [5.41, 5.74) is 17.7. The van der Waals surface area contributed by atoms with Crippen molar-refractivity contribution >= 4 is 29.6 Å². The molecule has 0 fully saturated rings. The van der Waals surface area contributed by atoms with Crippen LogP contribution in [0.4, 0.5) is 11.4 Å². The summed E-state index contributed by atoms with van der Waals surface area (Å²) in [5, 5.41) is 7.12. The van der Waals surface area contributed by atoms with E-state index in [-0.39, 0.29) is 18.2 Å². The molecule has 7 N–H and O–H groups in total. The number of anilines is 2. The Morgan fingerprint density at radius 3 is 2.25 bits per heavy atom. The summed E-state index contributed by atoms with van der Waals surface area (Å²) in [6.45, 7) is 0. The molecule has 0 spiro atoms. The monoisotopic (exact) mass is 186 g/mol. The van der Waals surface area contributed by atoms with E-state index in [0.29, 0.717) is 16.9 Å². The standard InChI is InChI=1S/C7H10N4.ClH/c8-4-1-2-6(9)5(3-4)7(10)11;/h1-3H,8-9H2,(H3,10,11);1H.